The average molecular weight is 352 g/mol. The largest absolute Gasteiger partial charge is 0.445 e. The van der Waals surface area contributed by atoms with Crippen molar-refractivity contribution in [3.05, 3.63) is 35.9 Å². The monoisotopic (exact) mass is 352 g/mol. The van der Waals surface area contributed by atoms with Gasteiger partial charge < -0.3 is 34.7 Å². The van der Waals surface area contributed by atoms with Crippen LogP contribution < -0.4 is 10.6 Å². The predicted octanol–water partition coefficient (Wildman–Crippen LogP) is 0.122. The van der Waals surface area contributed by atoms with Gasteiger partial charge in [0.15, 0.2) is 12.4 Å². The number of fused-ring (bicyclic) bond motifs is 1. The number of hydrogen-bond donors (Lipinski definition) is 3. The molecule has 0 aliphatic carbocycles. The number of aliphatic hydroxyl groups excluding tert-OH is 1. The quantitative estimate of drug-likeness (QED) is 0.705. The van der Waals surface area contributed by atoms with Gasteiger partial charge in [-0.05, 0) is 5.56 Å². The normalized spacial score (nSPS) is 31.3. The number of methoxy groups -OCH3 is 1. The summed E-state index contributed by atoms with van der Waals surface area (Å²) in [5.74, 6) is 0. The van der Waals surface area contributed by atoms with E-state index in [4.69, 9.17) is 18.9 Å². The summed E-state index contributed by atoms with van der Waals surface area (Å²) in [5.41, 5.74) is 0.828. The Kier molecular flexibility index (Phi) is 5.37. The third-order valence-corrected chi connectivity index (χ3v) is 4.09. The molecule has 0 spiro atoms. The van der Waals surface area contributed by atoms with E-state index >= 15 is 0 Å². The Morgan fingerprint density at radius 2 is 2.16 bits per heavy atom. The Morgan fingerprint density at radius 1 is 1.40 bits per heavy atom. The van der Waals surface area contributed by atoms with Crippen LogP contribution in [0.4, 0.5) is 9.59 Å². The molecule has 0 bridgehead atoms. The van der Waals surface area contributed by atoms with Crippen LogP contribution in [-0.4, -0.2) is 61.6 Å². The predicted molar refractivity (Wildman–Crippen MR) is 83.5 cm³/mol. The van der Waals surface area contributed by atoms with E-state index in [1.807, 2.05) is 30.3 Å². The second kappa shape index (κ2) is 7.68. The number of alkyl carbamates (subject to hydrolysis) is 2. The Morgan fingerprint density at radius 3 is 2.88 bits per heavy atom. The Bertz CT molecular complexity index is 612. The van der Waals surface area contributed by atoms with Crippen LogP contribution in [0.2, 0.25) is 0 Å². The lowest BCUT2D eigenvalue weighted by atomic mass is 9.96. The van der Waals surface area contributed by atoms with Crippen molar-refractivity contribution >= 4 is 12.2 Å². The molecule has 136 valence electrons. The molecule has 2 amide bonds. The molecule has 2 saturated heterocycles. The van der Waals surface area contributed by atoms with Crippen LogP contribution in [0.5, 0.6) is 0 Å². The summed E-state index contributed by atoms with van der Waals surface area (Å²) in [6, 6.07) is 8.23. The number of aliphatic hydroxyl groups is 1. The van der Waals surface area contributed by atoms with Crippen molar-refractivity contribution in [1.82, 2.24) is 10.6 Å². The van der Waals surface area contributed by atoms with Crippen LogP contribution in [0.3, 0.4) is 0 Å². The standard InChI is InChI=1S/C16H20N2O7/c1-22-14-11(12(19)13-10(24-14)7-17-15(20)25-13)18-16(21)23-8-9-5-3-2-4-6-9/h2-6,10-14,19H,7-8H2,1H3,(H,17,20)(H,18,21)/t10-,11+,12+,13+,14-/m0/s1. The van der Waals surface area contributed by atoms with Crippen LogP contribution in [-0.2, 0) is 25.6 Å². The molecule has 2 aliphatic rings. The highest BCUT2D eigenvalue weighted by atomic mass is 16.7. The summed E-state index contributed by atoms with van der Waals surface area (Å²) < 4.78 is 21.0. The first kappa shape index (κ1) is 17.5. The highest BCUT2D eigenvalue weighted by Crippen LogP contribution is 2.26. The molecule has 0 radical (unpaired) electrons. The lowest BCUT2D eigenvalue weighted by Gasteiger charge is -2.45. The molecule has 3 N–H and O–H groups in total. The number of amides is 2. The molecule has 0 aromatic heterocycles. The molecule has 9 heteroatoms. The minimum Gasteiger partial charge on any atom is -0.445 e. The molecule has 2 fully saturated rings. The third-order valence-electron chi connectivity index (χ3n) is 4.09. The van der Waals surface area contributed by atoms with Crippen LogP contribution in [0.15, 0.2) is 30.3 Å². The summed E-state index contributed by atoms with van der Waals surface area (Å²) in [4.78, 5) is 23.4. The fourth-order valence-corrected chi connectivity index (χ4v) is 2.84. The molecule has 5 atom stereocenters. The second-order valence-electron chi connectivity index (χ2n) is 5.75. The van der Waals surface area contributed by atoms with Gasteiger partial charge in [-0.3, -0.25) is 0 Å². The minimum atomic E-state index is -1.20. The van der Waals surface area contributed by atoms with E-state index in [1.54, 1.807) is 0 Å². The number of benzene rings is 1. The molecule has 25 heavy (non-hydrogen) atoms. The van der Waals surface area contributed by atoms with Crippen molar-refractivity contribution in [2.45, 2.75) is 37.3 Å². The molecule has 0 saturated carbocycles. The number of hydrogen-bond acceptors (Lipinski definition) is 7. The van der Waals surface area contributed by atoms with E-state index in [2.05, 4.69) is 10.6 Å². The third kappa shape index (κ3) is 4.01. The summed E-state index contributed by atoms with van der Waals surface area (Å²) in [6.45, 7) is 0.268. The van der Waals surface area contributed by atoms with E-state index < -0.39 is 42.8 Å². The van der Waals surface area contributed by atoms with Gasteiger partial charge in [0.2, 0.25) is 0 Å². The molecule has 0 unspecified atom stereocenters. The molecule has 3 rings (SSSR count). The summed E-state index contributed by atoms with van der Waals surface area (Å²) in [6.07, 6.45) is -4.96. The highest BCUT2D eigenvalue weighted by Gasteiger charge is 2.50. The van der Waals surface area contributed by atoms with Crippen molar-refractivity contribution in [2.75, 3.05) is 13.7 Å². The van der Waals surface area contributed by atoms with Gasteiger partial charge in [-0.2, -0.15) is 0 Å². The maximum Gasteiger partial charge on any atom is 0.407 e. The smallest absolute Gasteiger partial charge is 0.407 e. The Balaban J connectivity index is 1.60. The molecular weight excluding hydrogens is 332 g/mol. The van der Waals surface area contributed by atoms with Gasteiger partial charge in [0, 0.05) is 7.11 Å². The molecule has 1 aromatic rings. The summed E-state index contributed by atoms with van der Waals surface area (Å²) in [7, 11) is 1.39. The van der Waals surface area contributed by atoms with E-state index in [0.717, 1.165) is 5.56 Å². The van der Waals surface area contributed by atoms with Gasteiger partial charge in [-0.25, -0.2) is 9.59 Å². The summed E-state index contributed by atoms with van der Waals surface area (Å²) >= 11 is 0. The zero-order valence-electron chi connectivity index (χ0n) is 13.6. The lowest BCUT2D eigenvalue weighted by molar-refractivity contribution is -0.259. The van der Waals surface area contributed by atoms with E-state index in [-0.39, 0.29) is 13.2 Å². The minimum absolute atomic E-state index is 0.0823. The molecule has 1 aromatic carbocycles. The van der Waals surface area contributed by atoms with Gasteiger partial charge in [0.25, 0.3) is 0 Å². The second-order valence-corrected chi connectivity index (χ2v) is 5.75. The number of carbonyl (C=O) groups is 2. The van der Waals surface area contributed by atoms with E-state index in [0.29, 0.717) is 0 Å². The lowest BCUT2D eigenvalue weighted by Crippen LogP contribution is -2.68. The number of ether oxygens (including phenoxy) is 4. The van der Waals surface area contributed by atoms with Gasteiger partial charge in [0.05, 0.1) is 6.54 Å². The first-order valence-corrected chi connectivity index (χ1v) is 7.86. The first-order chi connectivity index (χ1) is 12.1. The SMILES string of the molecule is CO[C@H]1O[C@H]2CNC(=O)O[C@H]2[C@H](O)[C@H]1NC(=O)OCc1ccccc1. The van der Waals surface area contributed by atoms with Crippen molar-refractivity contribution in [3.8, 4) is 0 Å². The average Bonchev–Trinajstić information content (AvgIpc) is 2.63. The van der Waals surface area contributed by atoms with Crippen LogP contribution >= 0.6 is 0 Å². The van der Waals surface area contributed by atoms with Crippen molar-refractivity contribution in [1.29, 1.82) is 0 Å². The van der Waals surface area contributed by atoms with Crippen LogP contribution in [0, 0.1) is 0 Å². The maximum atomic E-state index is 12.0. The van der Waals surface area contributed by atoms with Gasteiger partial charge in [-0.15, -0.1) is 0 Å². The molecule has 2 aliphatic heterocycles. The fraction of sp³-hybridized carbons (Fsp3) is 0.500. The van der Waals surface area contributed by atoms with Crippen molar-refractivity contribution < 1.29 is 33.6 Å². The van der Waals surface area contributed by atoms with Crippen molar-refractivity contribution in [3.63, 3.8) is 0 Å². The van der Waals surface area contributed by atoms with Crippen LogP contribution in [0.25, 0.3) is 0 Å². The topological polar surface area (TPSA) is 115 Å². The summed E-state index contributed by atoms with van der Waals surface area (Å²) in [5, 5.41) is 15.5. The number of nitrogens with one attached hydrogen (secondary N) is 2. The van der Waals surface area contributed by atoms with Gasteiger partial charge in [0.1, 0.15) is 24.9 Å². The molecule has 9 nitrogen and oxygen atoms in total. The molecular formula is C16H20N2O7. The zero-order valence-corrected chi connectivity index (χ0v) is 13.6. The van der Waals surface area contributed by atoms with Crippen LogP contribution in [0.1, 0.15) is 5.56 Å². The van der Waals surface area contributed by atoms with Gasteiger partial charge >= 0.3 is 12.2 Å². The fourth-order valence-electron chi connectivity index (χ4n) is 2.84. The van der Waals surface area contributed by atoms with Gasteiger partial charge in [-0.1, -0.05) is 30.3 Å². The maximum absolute atomic E-state index is 12.0. The van der Waals surface area contributed by atoms with E-state index in [9.17, 15) is 14.7 Å². The highest BCUT2D eigenvalue weighted by molar-refractivity contribution is 5.69. The first-order valence-electron chi connectivity index (χ1n) is 7.86. The number of carbonyl (C=O) groups excluding carboxylic acids is 2. The molecule has 2 heterocycles. The number of rotatable bonds is 4. The Hall–Kier alpha value is -2.36. The Labute approximate surface area is 144 Å². The van der Waals surface area contributed by atoms with Crippen molar-refractivity contribution in [2.24, 2.45) is 0 Å². The zero-order chi connectivity index (χ0) is 17.8. The van der Waals surface area contributed by atoms with E-state index in [1.165, 1.54) is 7.11 Å².